The second-order valence-electron chi connectivity index (χ2n) is 4.20. The number of hydrogen-bond acceptors (Lipinski definition) is 5. The number of sulfonamides is 1. The Hall–Kier alpha value is -1.51. The monoisotopic (exact) mass is 287 g/mol. The molecule has 1 unspecified atom stereocenters. The minimum absolute atomic E-state index is 0.0675. The molecule has 0 aliphatic heterocycles. The highest BCUT2D eigenvalue weighted by molar-refractivity contribution is 7.88. The average Bonchev–Trinajstić information content (AvgIpc) is 2.36. The van der Waals surface area contributed by atoms with Crippen LogP contribution in [0.1, 0.15) is 18.9 Å². The lowest BCUT2D eigenvalue weighted by Gasteiger charge is -2.10. The van der Waals surface area contributed by atoms with E-state index in [0.29, 0.717) is 12.0 Å². The zero-order valence-electron chi connectivity index (χ0n) is 10.6. The van der Waals surface area contributed by atoms with E-state index in [1.54, 1.807) is 0 Å². The molecule has 0 aliphatic carbocycles. The zero-order valence-corrected chi connectivity index (χ0v) is 11.4. The Morgan fingerprint density at radius 3 is 2.42 bits per heavy atom. The first-order valence-corrected chi connectivity index (χ1v) is 7.45. The fourth-order valence-electron chi connectivity index (χ4n) is 1.36. The Kier molecular flexibility index (Phi) is 5.40. The molecular weight excluding hydrogens is 270 g/mol. The van der Waals surface area contributed by atoms with Crippen molar-refractivity contribution >= 4 is 15.7 Å². The fraction of sp³-hybridized carbons (Fsp3) is 0.455. The van der Waals surface area contributed by atoms with Crippen LogP contribution < -0.4 is 10.5 Å². The maximum absolute atomic E-state index is 11.7. The van der Waals surface area contributed by atoms with Crippen molar-refractivity contribution in [3.05, 3.63) is 39.9 Å². The summed E-state index contributed by atoms with van der Waals surface area (Å²) < 4.78 is 25.9. The first-order valence-electron chi connectivity index (χ1n) is 5.80. The lowest BCUT2D eigenvalue weighted by atomic mass is 10.2. The number of nitrogens with one attached hydrogen (secondary N) is 1. The summed E-state index contributed by atoms with van der Waals surface area (Å²) in [5.74, 6) is -0.221. The minimum atomic E-state index is -3.47. The van der Waals surface area contributed by atoms with Crippen molar-refractivity contribution in [1.29, 1.82) is 0 Å². The van der Waals surface area contributed by atoms with E-state index >= 15 is 0 Å². The van der Waals surface area contributed by atoms with E-state index in [0.717, 1.165) is 0 Å². The Morgan fingerprint density at radius 1 is 1.37 bits per heavy atom. The van der Waals surface area contributed by atoms with Gasteiger partial charge in [-0.15, -0.1) is 0 Å². The molecule has 1 aromatic carbocycles. The number of benzene rings is 1. The Bertz CT molecular complexity index is 527. The van der Waals surface area contributed by atoms with Crippen LogP contribution in [0.15, 0.2) is 24.3 Å². The average molecular weight is 287 g/mol. The SMILES string of the molecule is CCC(N)CNS(=O)(=O)Cc1ccc([N+](=O)[O-])cc1. The number of nitrogens with zero attached hydrogens (tertiary/aromatic N) is 1. The van der Waals surface area contributed by atoms with Crippen molar-refractivity contribution < 1.29 is 13.3 Å². The highest BCUT2D eigenvalue weighted by Crippen LogP contribution is 2.13. The normalized spacial score (nSPS) is 13.2. The number of nitro benzene ring substituents is 1. The van der Waals surface area contributed by atoms with Crippen LogP contribution in [-0.4, -0.2) is 25.9 Å². The molecule has 0 saturated carbocycles. The van der Waals surface area contributed by atoms with Crippen LogP contribution in [0.2, 0.25) is 0 Å². The van der Waals surface area contributed by atoms with E-state index in [1.165, 1.54) is 24.3 Å². The van der Waals surface area contributed by atoms with Crippen LogP contribution in [-0.2, 0) is 15.8 Å². The van der Waals surface area contributed by atoms with Gasteiger partial charge in [0.25, 0.3) is 5.69 Å². The highest BCUT2D eigenvalue weighted by atomic mass is 32.2. The second-order valence-corrected chi connectivity index (χ2v) is 6.01. The fourth-order valence-corrected chi connectivity index (χ4v) is 2.56. The first kappa shape index (κ1) is 15.5. The van der Waals surface area contributed by atoms with Gasteiger partial charge in [-0.1, -0.05) is 19.1 Å². The number of nitrogens with two attached hydrogens (primary N) is 1. The van der Waals surface area contributed by atoms with Gasteiger partial charge in [0.15, 0.2) is 0 Å². The molecule has 1 atom stereocenters. The Balaban J connectivity index is 2.65. The van der Waals surface area contributed by atoms with Crippen LogP contribution in [0.5, 0.6) is 0 Å². The molecule has 7 nitrogen and oxygen atoms in total. The first-order chi connectivity index (χ1) is 8.84. The number of non-ortho nitro benzene ring substituents is 1. The zero-order chi connectivity index (χ0) is 14.5. The van der Waals surface area contributed by atoms with Gasteiger partial charge in [-0.05, 0) is 12.0 Å². The smallest absolute Gasteiger partial charge is 0.269 e. The van der Waals surface area contributed by atoms with E-state index in [4.69, 9.17) is 5.73 Å². The van der Waals surface area contributed by atoms with Crippen LogP contribution >= 0.6 is 0 Å². The summed E-state index contributed by atoms with van der Waals surface area (Å²) in [5.41, 5.74) is 6.05. The lowest BCUT2D eigenvalue weighted by molar-refractivity contribution is -0.384. The molecule has 0 aliphatic rings. The molecule has 0 aromatic heterocycles. The quantitative estimate of drug-likeness (QED) is 0.567. The highest BCUT2D eigenvalue weighted by Gasteiger charge is 2.13. The van der Waals surface area contributed by atoms with Crippen LogP contribution in [0, 0.1) is 10.1 Å². The Labute approximate surface area is 112 Å². The van der Waals surface area contributed by atoms with E-state index in [-0.39, 0.29) is 24.0 Å². The molecule has 1 rings (SSSR count). The van der Waals surface area contributed by atoms with Crippen molar-refractivity contribution in [2.45, 2.75) is 25.1 Å². The topological polar surface area (TPSA) is 115 Å². The molecule has 19 heavy (non-hydrogen) atoms. The summed E-state index contributed by atoms with van der Waals surface area (Å²) in [7, 11) is -3.47. The minimum Gasteiger partial charge on any atom is -0.327 e. The van der Waals surface area contributed by atoms with Crippen molar-refractivity contribution in [2.24, 2.45) is 5.73 Å². The molecule has 0 bridgehead atoms. The van der Waals surface area contributed by atoms with Crippen LogP contribution in [0.3, 0.4) is 0 Å². The third-order valence-corrected chi connectivity index (χ3v) is 3.91. The summed E-state index contributed by atoms with van der Waals surface area (Å²) in [6, 6.07) is 5.20. The van der Waals surface area contributed by atoms with Crippen molar-refractivity contribution in [2.75, 3.05) is 6.54 Å². The van der Waals surface area contributed by atoms with E-state index in [1.807, 2.05) is 6.92 Å². The third-order valence-electron chi connectivity index (χ3n) is 2.59. The largest absolute Gasteiger partial charge is 0.327 e. The summed E-state index contributed by atoms with van der Waals surface area (Å²) in [6.07, 6.45) is 0.681. The van der Waals surface area contributed by atoms with Gasteiger partial charge in [0.1, 0.15) is 0 Å². The molecule has 0 fully saturated rings. The molecule has 0 radical (unpaired) electrons. The molecular formula is C11H17N3O4S. The van der Waals surface area contributed by atoms with Gasteiger partial charge in [-0.25, -0.2) is 13.1 Å². The molecule has 3 N–H and O–H groups in total. The van der Waals surface area contributed by atoms with Gasteiger partial charge in [0.05, 0.1) is 10.7 Å². The maximum atomic E-state index is 11.7. The predicted molar refractivity (Wildman–Crippen MR) is 72.0 cm³/mol. The molecule has 8 heteroatoms. The number of nitro groups is 1. The van der Waals surface area contributed by atoms with Gasteiger partial charge in [0.2, 0.25) is 10.0 Å². The van der Waals surface area contributed by atoms with Crippen molar-refractivity contribution in [3.8, 4) is 0 Å². The predicted octanol–water partition coefficient (Wildman–Crippen LogP) is 0.752. The molecule has 0 saturated heterocycles. The Morgan fingerprint density at radius 2 is 1.95 bits per heavy atom. The molecule has 0 heterocycles. The summed E-state index contributed by atoms with van der Waals surface area (Å²) >= 11 is 0. The van der Waals surface area contributed by atoms with E-state index < -0.39 is 14.9 Å². The van der Waals surface area contributed by atoms with Gasteiger partial charge in [-0.2, -0.15) is 0 Å². The van der Waals surface area contributed by atoms with Crippen molar-refractivity contribution in [3.63, 3.8) is 0 Å². The van der Waals surface area contributed by atoms with Crippen LogP contribution in [0.4, 0.5) is 5.69 Å². The van der Waals surface area contributed by atoms with Gasteiger partial charge in [0, 0.05) is 24.7 Å². The van der Waals surface area contributed by atoms with Gasteiger partial charge in [-0.3, -0.25) is 10.1 Å². The number of rotatable bonds is 7. The van der Waals surface area contributed by atoms with E-state index in [9.17, 15) is 18.5 Å². The third kappa shape index (κ3) is 5.33. The maximum Gasteiger partial charge on any atom is 0.269 e. The number of hydrogen-bond donors (Lipinski definition) is 2. The molecule has 0 spiro atoms. The van der Waals surface area contributed by atoms with Gasteiger partial charge < -0.3 is 5.73 Å². The summed E-state index contributed by atoms with van der Waals surface area (Å²) in [5, 5.41) is 10.5. The van der Waals surface area contributed by atoms with Crippen LogP contribution in [0.25, 0.3) is 0 Å². The standard InChI is InChI=1S/C11H17N3O4S/c1-2-10(12)7-13-19(17,18)8-9-3-5-11(6-4-9)14(15)16/h3-6,10,13H,2,7-8,12H2,1H3. The lowest BCUT2D eigenvalue weighted by Crippen LogP contribution is -2.37. The molecule has 0 amide bonds. The van der Waals surface area contributed by atoms with Gasteiger partial charge >= 0.3 is 0 Å². The molecule has 106 valence electrons. The second kappa shape index (κ2) is 6.60. The molecule has 1 aromatic rings. The summed E-state index contributed by atoms with van der Waals surface area (Å²) in [6.45, 7) is 2.06. The van der Waals surface area contributed by atoms with Crippen molar-refractivity contribution in [1.82, 2.24) is 4.72 Å². The summed E-state index contributed by atoms with van der Waals surface area (Å²) in [4.78, 5) is 9.94. The van der Waals surface area contributed by atoms with E-state index in [2.05, 4.69) is 4.72 Å².